The van der Waals surface area contributed by atoms with Crippen LogP contribution in [0.25, 0.3) is 10.9 Å². The highest BCUT2D eigenvalue weighted by atomic mass is 19.4. The van der Waals surface area contributed by atoms with Gasteiger partial charge in [-0.2, -0.15) is 13.2 Å². The Morgan fingerprint density at radius 3 is 2.61 bits per heavy atom. The number of morpholine rings is 1. The van der Waals surface area contributed by atoms with Crippen LogP contribution in [0.4, 0.5) is 30.4 Å². The summed E-state index contributed by atoms with van der Waals surface area (Å²) in [6.07, 6.45) is -4.52. The summed E-state index contributed by atoms with van der Waals surface area (Å²) in [5, 5.41) is 7.08. The monoisotopic (exact) mass is 532 g/mol. The van der Waals surface area contributed by atoms with Crippen LogP contribution in [0.3, 0.4) is 0 Å². The number of aromatic nitrogens is 2. The Kier molecular flexibility index (Phi) is 8.22. The number of alkyl halides is 3. The molecule has 1 aromatic heterocycles. The van der Waals surface area contributed by atoms with Crippen molar-refractivity contribution in [2.75, 3.05) is 62.9 Å². The average Bonchev–Trinajstić information content (AvgIpc) is 2.88. The zero-order valence-electron chi connectivity index (χ0n) is 21.5. The van der Waals surface area contributed by atoms with E-state index in [9.17, 15) is 18.0 Å². The number of nitrogens with two attached hydrogens (primary N) is 1. The van der Waals surface area contributed by atoms with Gasteiger partial charge in [0.15, 0.2) is 0 Å². The van der Waals surface area contributed by atoms with E-state index >= 15 is 0 Å². The molecule has 0 radical (unpaired) electrons. The second-order valence-electron chi connectivity index (χ2n) is 9.11. The third kappa shape index (κ3) is 6.25. The Bertz CT molecular complexity index is 1310. The van der Waals surface area contributed by atoms with E-state index in [-0.39, 0.29) is 11.6 Å². The number of carbonyl (C=O) groups is 1. The minimum atomic E-state index is -4.52. The Morgan fingerprint density at radius 1 is 1.18 bits per heavy atom. The van der Waals surface area contributed by atoms with E-state index in [1.165, 1.54) is 6.07 Å². The first-order valence-electron chi connectivity index (χ1n) is 12.2. The summed E-state index contributed by atoms with van der Waals surface area (Å²) < 4.78 is 50.6. The SMILES string of the molecule is COCCNc1cc2c(NC(C)c3cc(N)cc(C(F)(F)F)c3)nc(C)nc2cc1C(=O)N1CCOCC1. The van der Waals surface area contributed by atoms with E-state index in [1.54, 1.807) is 38.0 Å². The number of carbonyl (C=O) groups excluding carboxylic acids is 1. The number of rotatable bonds is 8. The Morgan fingerprint density at radius 2 is 1.92 bits per heavy atom. The molecule has 9 nitrogen and oxygen atoms in total. The summed E-state index contributed by atoms with van der Waals surface area (Å²) in [5.41, 5.74) is 6.90. The first-order valence-corrected chi connectivity index (χ1v) is 12.2. The van der Waals surface area contributed by atoms with Crippen LogP contribution in [0.5, 0.6) is 0 Å². The van der Waals surface area contributed by atoms with Crippen LogP contribution in [-0.4, -0.2) is 67.3 Å². The van der Waals surface area contributed by atoms with Crippen molar-refractivity contribution in [3.63, 3.8) is 0 Å². The number of nitrogen functional groups attached to an aromatic ring is 1. The molecule has 2 aromatic carbocycles. The molecule has 4 N–H and O–H groups in total. The number of halogens is 3. The molecule has 4 rings (SSSR count). The molecule has 1 unspecified atom stereocenters. The van der Waals surface area contributed by atoms with Gasteiger partial charge >= 0.3 is 6.18 Å². The number of methoxy groups -OCH3 is 1. The van der Waals surface area contributed by atoms with Crippen molar-refractivity contribution in [2.45, 2.75) is 26.1 Å². The van der Waals surface area contributed by atoms with Gasteiger partial charge in [-0.25, -0.2) is 9.97 Å². The van der Waals surface area contributed by atoms with Crippen molar-refractivity contribution in [1.82, 2.24) is 14.9 Å². The summed E-state index contributed by atoms with van der Waals surface area (Å²) in [6.45, 7) is 6.24. The molecular weight excluding hydrogens is 501 g/mol. The second-order valence-corrected chi connectivity index (χ2v) is 9.11. The molecule has 1 fully saturated rings. The molecule has 1 aliphatic heterocycles. The smallest absolute Gasteiger partial charge is 0.399 e. The third-order valence-electron chi connectivity index (χ3n) is 6.26. The Balaban J connectivity index is 1.74. The maximum atomic E-state index is 13.4. The number of ether oxygens (including phenoxy) is 2. The molecule has 2 heterocycles. The van der Waals surface area contributed by atoms with Crippen molar-refractivity contribution >= 4 is 34.0 Å². The minimum absolute atomic E-state index is 0.0168. The average molecular weight is 533 g/mol. The molecule has 204 valence electrons. The number of hydrogen-bond acceptors (Lipinski definition) is 8. The van der Waals surface area contributed by atoms with Crippen LogP contribution in [0.15, 0.2) is 30.3 Å². The highest BCUT2D eigenvalue weighted by Crippen LogP contribution is 2.35. The maximum Gasteiger partial charge on any atom is 0.416 e. The lowest BCUT2D eigenvalue weighted by molar-refractivity contribution is -0.137. The van der Waals surface area contributed by atoms with Gasteiger partial charge in [0.1, 0.15) is 11.6 Å². The van der Waals surface area contributed by atoms with Gasteiger partial charge in [0.2, 0.25) is 0 Å². The number of fused-ring (bicyclic) bond motifs is 1. The fourth-order valence-corrected chi connectivity index (χ4v) is 4.33. The topological polar surface area (TPSA) is 115 Å². The van der Waals surface area contributed by atoms with Gasteiger partial charge in [-0.3, -0.25) is 4.79 Å². The Labute approximate surface area is 218 Å². The third-order valence-corrected chi connectivity index (χ3v) is 6.26. The molecule has 1 atom stereocenters. The highest BCUT2D eigenvalue weighted by molar-refractivity contribution is 6.05. The molecule has 1 aliphatic rings. The molecule has 0 aliphatic carbocycles. The molecular formula is C26H31F3N6O3. The van der Waals surface area contributed by atoms with E-state index in [1.807, 2.05) is 0 Å². The Hall–Kier alpha value is -3.64. The number of hydrogen-bond donors (Lipinski definition) is 3. The number of nitrogens with one attached hydrogen (secondary N) is 2. The summed E-state index contributed by atoms with van der Waals surface area (Å²) in [6, 6.07) is 6.42. The maximum absolute atomic E-state index is 13.4. The van der Waals surface area contributed by atoms with Crippen LogP contribution >= 0.6 is 0 Å². The lowest BCUT2D eigenvalue weighted by Crippen LogP contribution is -2.41. The van der Waals surface area contributed by atoms with Crippen molar-refractivity contribution in [3.05, 3.63) is 52.8 Å². The molecule has 0 spiro atoms. The van der Waals surface area contributed by atoms with Crippen molar-refractivity contribution in [1.29, 1.82) is 0 Å². The minimum Gasteiger partial charge on any atom is -0.399 e. The fourth-order valence-electron chi connectivity index (χ4n) is 4.33. The van der Waals surface area contributed by atoms with E-state index < -0.39 is 17.8 Å². The van der Waals surface area contributed by atoms with Crippen molar-refractivity contribution < 1.29 is 27.4 Å². The van der Waals surface area contributed by atoms with Gasteiger partial charge < -0.3 is 30.7 Å². The lowest BCUT2D eigenvalue weighted by Gasteiger charge is -2.28. The molecule has 12 heteroatoms. The molecule has 0 bridgehead atoms. The quantitative estimate of drug-likeness (QED) is 0.292. The molecule has 3 aromatic rings. The molecule has 1 amide bonds. The normalized spacial score (nSPS) is 14.9. The van der Waals surface area contributed by atoms with E-state index in [0.717, 1.165) is 12.1 Å². The van der Waals surface area contributed by atoms with Crippen molar-refractivity contribution in [3.8, 4) is 0 Å². The number of aryl methyl sites for hydroxylation is 1. The predicted molar refractivity (Wildman–Crippen MR) is 139 cm³/mol. The van der Waals surface area contributed by atoms with Gasteiger partial charge in [-0.15, -0.1) is 0 Å². The predicted octanol–water partition coefficient (Wildman–Crippen LogP) is 4.24. The van der Waals surface area contributed by atoms with Crippen LogP contribution in [-0.2, 0) is 15.7 Å². The van der Waals surface area contributed by atoms with E-state index in [0.29, 0.717) is 78.8 Å². The molecule has 0 saturated carbocycles. The first-order chi connectivity index (χ1) is 18.1. The first kappa shape index (κ1) is 27.4. The molecule has 1 saturated heterocycles. The lowest BCUT2D eigenvalue weighted by atomic mass is 10.0. The fraction of sp³-hybridized carbons (Fsp3) is 0.423. The summed E-state index contributed by atoms with van der Waals surface area (Å²) in [7, 11) is 1.59. The van der Waals surface area contributed by atoms with E-state index in [2.05, 4.69) is 20.6 Å². The summed E-state index contributed by atoms with van der Waals surface area (Å²) in [4.78, 5) is 24.2. The van der Waals surface area contributed by atoms with Gasteiger partial charge in [0.05, 0.1) is 42.5 Å². The largest absolute Gasteiger partial charge is 0.416 e. The van der Waals surface area contributed by atoms with Gasteiger partial charge in [-0.1, -0.05) is 0 Å². The van der Waals surface area contributed by atoms with Crippen LogP contribution < -0.4 is 16.4 Å². The zero-order chi connectivity index (χ0) is 27.4. The molecule has 38 heavy (non-hydrogen) atoms. The number of anilines is 3. The van der Waals surface area contributed by atoms with Gasteiger partial charge in [-0.05, 0) is 49.7 Å². The van der Waals surface area contributed by atoms with Crippen LogP contribution in [0.1, 0.15) is 40.3 Å². The summed E-state index contributed by atoms with van der Waals surface area (Å²) in [5.74, 6) is 0.727. The zero-order valence-corrected chi connectivity index (χ0v) is 21.5. The van der Waals surface area contributed by atoms with Gasteiger partial charge in [0.25, 0.3) is 5.91 Å². The van der Waals surface area contributed by atoms with E-state index in [4.69, 9.17) is 15.2 Å². The number of benzene rings is 2. The number of amides is 1. The van der Waals surface area contributed by atoms with Crippen LogP contribution in [0, 0.1) is 6.92 Å². The standard InChI is InChI=1S/C26H31F3N6O3/c1-15(17-10-18(26(27,28)29)12-19(30)11-17)32-24-20-13-22(31-4-7-37-3)21(14-23(20)33-16(2)34-24)25(36)35-5-8-38-9-6-35/h10-15,31H,4-9,30H2,1-3H3,(H,32,33,34). The van der Waals surface area contributed by atoms with Gasteiger partial charge in [0, 0.05) is 43.5 Å². The van der Waals surface area contributed by atoms with Crippen LogP contribution in [0.2, 0.25) is 0 Å². The van der Waals surface area contributed by atoms with Crippen molar-refractivity contribution in [2.24, 2.45) is 0 Å². The number of nitrogens with zero attached hydrogens (tertiary/aromatic N) is 3. The second kappa shape index (κ2) is 11.4. The highest BCUT2D eigenvalue weighted by Gasteiger charge is 2.31. The summed E-state index contributed by atoms with van der Waals surface area (Å²) >= 11 is 0.